The average Bonchev–Trinajstić information content (AvgIpc) is 3.05. The van der Waals surface area contributed by atoms with Crippen molar-refractivity contribution in [3.8, 4) is 11.5 Å². The molecule has 0 aromatic heterocycles. The van der Waals surface area contributed by atoms with Crippen LogP contribution in [0.5, 0.6) is 11.5 Å². The highest BCUT2D eigenvalue weighted by atomic mass is 32.2. The van der Waals surface area contributed by atoms with E-state index in [1.807, 2.05) is 0 Å². The van der Waals surface area contributed by atoms with E-state index < -0.39 is 128 Å². The maximum atomic E-state index is 15.2. The number of carboxylic acids is 2. The molecule has 2 saturated heterocycles. The first kappa shape index (κ1) is 36.6. The average molecular weight is 727 g/mol. The highest BCUT2D eigenvalue weighted by Crippen LogP contribution is 2.65. The number of thioether (sulfide) groups is 1. The van der Waals surface area contributed by atoms with Crippen molar-refractivity contribution < 1.29 is 68.9 Å². The number of rotatable bonds is 10. The zero-order valence-electron chi connectivity index (χ0n) is 27.8. The van der Waals surface area contributed by atoms with Crippen LogP contribution in [0, 0.1) is 0 Å². The number of aliphatic hydroxyl groups is 2. The SMILES string of the molecule is CCCC1OC(CC(=O)O)CC2(SC34CC(CC(=O)O)OC(CCC)C3(O)C(=O)c3c(O)cccc3C4=O)C(=O)c3cccc(O)c3C(=O)C12O. The molecule has 2 aromatic carbocycles. The number of benzene rings is 2. The molecule has 6 rings (SSSR count). The summed E-state index contributed by atoms with van der Waals surface area (Å²) in [5.74, 6) is -8.22. The number of ether oxygens (including phenoxy) is 2. The van der Waals surface area contributed by atoms with Gasteiger partial charge in [-0.2, -0.15) is 0 Å². The summed E-state index contributed by atoms with van der Waals surface area (Å²) in [5, 5.41) is 67.3. The number of hydrogen-bond acceptors (Lipinski definition) is 13. The number of phenolic OH excluding ortho intramolecular Hbond substituents is 2. The first-order valence-electron chi connectivity index (χ1n) is 16.8. The second kappa shape index (κ2) is 12.8. The van der Waals surface area contributed by atoms with Crippen LogP contribution in [0.15, 0.2) is 36.4 Å². The van der Waals surface area contributed by atoms with Gasteiger partial charge >= 0.3 is 11.9 Å². The number of carbonyl (C=O) groups is 6. The third-order valence-corrected chi connectivity index (χ3v) is 12.6. The van der Waals surface area contributed by atoms with Gasteiger partial charge in [0.25, 0.3) is 0 Å². The van der Waals surface area contributed by atoms with Crippen LogP contribution in [0.4, 0.5) is 0 Å². The molecule has 51 heavy (non-hydrogen) atoms. The fraction of sp³-hybridized carbons (Fsp3) is 0.500. The maximum absolute atomic E-state index is 15.2. The molecule has 0 bridgehead atoms. The van der Waals surface area contributed by atoms with E-state index in [1.165, 1.54) is 24.3 Å². The van der Waals surface area contributed by atoms with Gasteiger partial charge in [0.05, 0.1) is 48.4 Å². The van der Waals surface area contributed by atoms with Gasteiger partial charge in [0, 0.05) is 11.1 Å². The summed E-state index contributed by atoms with van der Waals surface area (Å²) in [6.45, 7) is 3.38. The van der Waals surface area contributed by atoms with Crippen molar-refractivity contribution >= 4 is 46.8 Å². The van der Waals surface area contributed by atoms with Gasteiger partial charge in [0.2, 0.25) is 11.6 Å². The zero-order valence-corrected chi connectivity index (χ0v) is 28.6. The van der Waals surface area contributed by atoms with Crippen LogP contribution in [-0.2, 0) is 19.1 Å². The van der Waals surface area contributed by atoms with E-state index in [4.69, 9.17) is 9.47 Å². The molecular weight excluding hydrogens is 688 g/mol. The molecule has 0 amide bonds. The van der Waals surface area contributed by atoms with E-state index in [-0.39, 0.29) is 36.8 Å². The van der Waals surface area contributed by atoms with Gasteiger partial charge in [-0.25, -0.2) is 0 Å². The van der Waals surface area contributed by atoms with Crippen molar-refractivity contribution in [1.29, 1.82) is 0 Å². The predicted molar refractivity (Wildman–Crippen MR) is 177 cm³/mol. The van der Waals surface area contributed by atoms with E-state index in [0.717, 1.165) is 12.1 Å². The van der Waals surface area contributed by atoms with Crippen LogP contribution in [0.3, 0.4) is 0 Å². The third-order valence-electron chi connectivity index (χ3n) is 10.6. The van der Waals surface area contributed by atoms with Crippen molar-refractivity contribution in [2.75, 3.05) is 0 Å². The third kappa shape index (κ3) is 5.07. The van der Waals surface area contributed by atoms with Crippen LogP contribution in [0.1, 0.15) is 107 Å². The Balaban J connectivity index is 1.71. The number of hydrogen-bond donors (Lipinski definition) is 6. The fourth-order valence-corrected chi connectivity index (χ4v) is 10.8. The Bertz CT molecular complexity index is 1730. The standard InChI is InChI=1S/C36H38O14S/c1-3-7-23-35(47)31(45)27-19(9-5-11-21(27)37)29(43)33(35,15-17(49-23)13-25(39)40)51-34-16-18(14-26(41)42)50-24(8-4-2)36(34,48)32(46)28-20(30(34)44)10-6-12-22(28)38/h5-6,9-12,17-18,23-24,37-38,47-48H,3-4,7-8,13-16H2,1-2H3,(H,39,40)(H,41,42). The smallest absolute Gasteiger partial charge is 0.305 e. The molecule has 15 heteroatoms. The summed E-state index contributed by atoms with van der Waals surface area (Å²) in [5.41, 5.74) is -7.56. The number of Topliss-reactive ketones (excluding diaryl/α,β-unsaturated/α-hetero) is 4. The molecule has 2 fully saturated rings. The Morgan fingerprint density at radius 1 is 0.686 bits per heavy atom. The minimum atomic E-state index is -2.91. The maximum Gasteiger partial charge on any atom is 0.305 e. The summed E-state index contributed by atoms with van der Waals surface area (Å²) in [6, 6.07) is 7.33. The number of aromatic hydroxyl groups is 2. The van der Waals surface area contributed by atoms with Gasteiger partial charge in [-0.3, -0.25) is 28.8 Å². The molecule has 2 heterocycles. The van der Waals surface area contributed by atoms with E-state index in [9.17, 15) is 49.8 Å². The van der Waals surface area contributed by atoms with E-state index >= 15 is 9.59 Å². The first-order chi connectivity index (χ1) is 24.0. The summed E-state index contributed by atoms with van der Waals surface area (Å²) in [6.07, 6.45) is -8.29. The second-order valence-corrected chi connectivity index (χ2v) is 15.3. The zero-order chi connectivity index (χ0) is 37.3. The highest BCUT2D eigenvalue weighted by Gasteiger charge is 2.78. The van der Waals surface area contributed by atoms with Crippen LogP contribution >= 0.6 is 11.8 Å². The van der Waals surface area contributed by atoms with Gasteiger partial charge in [0.15, 0.2) is 22.8 Å². The van der Waals surface area contributed by atoms with Gasteiger partial charge in [-0.05, 0) is 37.8 Å². The number of carbonyl (C=O) groups excluding carboxylic acids is 4. The summed E-state index contributed by atoms with van der Waals surface area (Å²) in [7, 11) is 0. The number of aliphatic carboxylic acids is 2. The first-order valence-corrected chi connectivity index (χ1v) is 17.6. The summed E-state index contributed by atoms with van der Waals surface area (Å²) in [4.78, 5) is 83.9. The molecule has 272 valence electrons. The number of carboxylic acid groups (broad SMARTS) is 2. The van der Waals surface area contributed by atoms with Crippen molar-refractivity contribution in [3.63, 3.8) is 0 Å². The molecule has 4 aliphatic rings. The van der Waals surface area contributed by atoms with Crippen molar-refractivity contribution in [2.45, 2.75) is 110 Å². The quantitative estimate of drug-likeness (QED) is 0.206. The molecule has 2 aliphatic carbocycles. The lowest BCUT2D eigenvalue weighted by atomic mass is 9.62. The van der Waals surface area contributed by atoms with Crippen molar-refractivity contribution in [2.24, 2.45) is 0 Å². The second-order valence-electron chi connectivity index (χ2n) is 13.7. The van der Waals surface area contributed by atoms with Crippen LogP contribution in [0.2, 0.25) is 0 Å². The number of phenols is 2. The normalized spacial score (nSPS) is 34.3. The minimum Gasteiger partial charge on any atom is -0.507 e. The predicted octanol–water partition coefficient (Wildman–Crippen LogP) is 3.09. The van der Waals surface area contributed by atoms with Crippen LogP contribution in [-0.4, -0.2) is 111 Å². The van der Waals surface area contributed by atoms with Gasteiger partial charge < -0.3 is 40.1 Å². The van der Waals surface area contributed by atoms with Crippen LogP contribution < -0.4 is 0 Å². The summed E-state index contributed by atoms with van der Waals surface area (Å²) < 4.78 is 7.02. The largest absolute Gasteiger partial charge is 0.507 e. The van der Waals surface area contributed by atoms with Gasteiger partial charge in [-0.15, -0.1) is 11.8 Å². The number of fused-ring (bicyclic) bond motifs is 4. The molecule has 2 aliphatic heterocycles. The lowest BCUT2D eigenvalue weighted by molar-refractivity contribution is -0.179. The Hall–Kier alpha value is -4.15. The van der Waals surface area contributed by atoms with E-state index in [0.29, 0.717) is 11.8 Å². The topological polar surface area (TPSA) is 242 Å². The molecule has 0 saturated carbocycles. The minimum absolute atomic E-state index is 0.0963. The fourth-order valence-electron chi connectivity index (χ4n) is 8.51. The summed E-state index contributed by atoms with van der Waals surface area (Å²) >= 11 is 0.336. The van der Waals surface area contributed by atoms with E-state index in [1.54, 1.807) is 13.8 Å². The molecule has 2 aromatic rings. The van der Waals surface area contributed by atoms with Gasteiger partial charge in [0.1, 0.15) is 21.0 Å². The molecule has 8 unspecified atom stereocenters. The van der Waals surface area contributed by atoms with Crippen LogP contribution in [0.25, 0.3) is 0 Å². The monoisotopic (exact) mass is 726 g/mol. The molecule has 0 radical (unpaired) electrons. The highest BCUT2D eigenvalue weighted by molar-refractivity contribution is 8.03. The lowest BCUT2D eigenvalue weighted by Gasteiger charge is -2.62. The Morgan fingerprint density at radius 3 is 1.39 bits per heavy atom. The molecule has 8 atom stereocenters. The Morgan fingerprint density at radius 2 is 1.06 bits per heavy atom. The Kier molecular flexibility index (Phi) is 9.20. The van der Waals surface area contributed by atoms with Crippen molar-refractivity contribution in [3.05, 3.63) is 58.7 Å². The number of ketones is 4. The van der Waals surface area contributed by atoms with Crippen molar-refractivity contribution in [1.82, 2.24) is 0 Å². The molecule has 6 N–H and O–H groups in total. The van der Waals surface area contributed by atoms with Gasteiger partial charge in [-0.1, -0.05) is 51.0 Å². The Labute approximate surface area is 295 Å². The molecule has 0 spiro atoms. The molecule has 14 nitrogen and oxygen atoms in total. The van der Waals surface area contributed by atoms with E-state index in [2.05, 4.69) is 0 Å². The lowest BCUT2D eigenvalue weighted by Crippen LogP contribution is -2.79. The molecular formula is C36H38O14S.